The van der Waals surface area contributed by atoms with E-state index in [1.807, 2.05) is 32.0 Å². The monoisotopic (exact) mass is 272 g/mol. The number of aryl methyl sites for hydroxylation is 2. The van der Waals surface area contributed by atoms with Gasteiger partial charge in [0.05, 0.1) is 12.7 Å². The quantitative estimate of drug-likeness (QED) is 0.898. The first kappa shape index (κ1) is 13.9. The summed E-state index contributed by atoms with van der Waals surface area (Å²) < 4.78 is 5.06. The van der Waals surface area contributed by atoms with Crippen molar-refractivity contribution < 1.29 is 19.7 Å². The summed E-state index contributed by atoms with van der Waals surface area (Å²) in [4.78, 5) is 11.2. The van der Waals surface area contributed by atoms with Gasteiger partial charge in [0, 0.05) is 5.56 Å². The van der Waals surface area contributed by atoms with Crippen molar-refractivity contribution in [2.45, 2.75) is 13.8 Å². The fraction of sp³-hybridized carbons (Fsp3) is 0.188. The van der Waals surface area contributed by atoms with Gasteiger partial charge in [0.15, 0.2) is 11.5 Å². The van der Waals surface area contributed by atoms with Gasteiger partial charge in [-0.15, -0.1) is 0 Å². The third-order valence-corrected chi connectivity index (χ3v) is 3.29. The van der Waals surface area contributed by atoms with Gasteiger partial charge in [-0.25, -0.2) is 4.79 Å². The zero-order valence-electron chi connectivity index (χ0n) is 11.6. The maximum Gasteiger partial charge on any atom is 0.335 e. The average Bonchev–Trinajstić information content (AvgIpc) is 2.40. The van der Waals surface area contributed by atoms with Crippen LogP contribution in [0.2, 0.25) is 0 Å². The Morgan fingerprint density at radius 1 is 1.15 bits per heavy atom. The second-order valence-electron chi connectivity index (χ2n) is 4.65. The molecule has 0 amide bonds. The largest absolute Gasteiger partial charge is 0.504 e. The van der Waals surface area contributed by atoms with Crippen LogP contribution in [0.5, 0.6) is 11.5 Å². The molecule has 0 aliphatic heterocycles. The molecule has 2 rings (SSSR count). The fourth-order valence-corrected chi connectivity index (χ4v) is 2.32. The van der Waals surface area contributed by atoms with Gasteiger partial charge in [0.1, 0.15) is 0 Å². The SMILES string of the molecule is COc1cc(C(=O)O)cc(-c2c(C)cccc2C)c1O. The molecule has 0 aliphatic carbocycles. The van der Waals surface area contributed by atoms with E-state index in [4.69, 9.17) is 9.84 Å². The lowest BCUT2D eigenvalue weighted by molar-refractivity contribution is 0.0696. The van der Waals surface area contributed by atoms with E-state index < -0.39 is 5.97 Å². The number of phenolic OH excluding ortho intramolecular Hbond substituents is 1. The number of phenols is 1. The molecule has 0 aromatic heterocycles. The van der Waals surface area contributed by atoms with Crippen molar-refractivity contribution in [2.75, 3.05) is 7.11 Å². The lowest BCUT2D eigenvalue weighted by Crippen LogP contribution is -1.99. The molecule has 0 heterocycles. The van der Waals surface area contributed by atoms with Crippen molar-refractivity contribution in [1.29, 1.82) is 0 Å². The standard InChI is InChI=1S/C16H16O4/c1-9-5-4-6-10(2)14(9)12-7-11(16(18)19)8-13(20-3)15(12)17/h4-8,17H,1-3H3,(H,18,19). The third kappa shape index (κ3) is 2.32. The van der Waals surface area contributed by atoms with Crippen molar-refractivity contribution in [2.24, 2.45) is 0 Å². The number of ether oxygens (including phenoxy) is 1. The first-order valence-corrected chi connectivity index (χ1v) is 6.16. The van der Waals surface area contributed by atoms with Gasteiger partial charge >= 0.3 is 5.97 Å². The van der Waals surface area contributed by atoms with Crippen LogP contribution in [-0.4, -0.2) is 23.3 Å². The smallest absolute Gasteiger partial charge is 0.335 e. The second-order valence-corrected chi connectivity index (χ2v) is 4.65. The van der Waals surface area contributed by atoms with Crippen molar-refractivity contribution in [1.82, 2.24) is 0 Å². The lowest BCUT2D eigenvalue weighted by atomic mass is 9.93. The minimum atomic E-state index is -1.06. The fourth-order valence-electron chi connectivity index (χ4n) is 2.32. The highest BCUT2D eigenvalue weighted by Crippen LogP contribution is 2.40. The second kappa shape index (κ2) is 5.25. The molecule has 0 saturated heterocycles. The molecule has 2 N–H and O–H groups in total. The number of rotatable bonds is 3. The molecule has 0 fully saturated rings. The first-order valence-electron chi connectivity index (χ1n) is 6.16. The molecule has 4 heteroatoms. The summed E-state index contributed by atoms with van der Waals surface area (Å²) in [6.07, 6.45) is 0. The molecular weight excluding hydrogens is 256 g/mol. The van der Waals surface area contributed by atoms with E-state index in [1.165, 1.54) is 19.2 Å². The number of carboxylic acids is 1. The van der Waals surface area contributed by atoms with Crippen molar-refractivity contribution >= 4 is 5.97 Å². The predicted octanol–water partition coefficient (Wildman–Crippen LogP) is 3.38. The minimum absolute atomic E-state index is 0.0464. The first-order chi connectivity index (χ1) is 9.45. The zero-order valence-corrected chi connectivity index (χ0v) is 11.6. The van der Waals surface area contributed by atoms with Crippen LogP contribution in [0.25, 0.3) is 11.1 Å². The van der Waals surface area contributed by atoms with Crippen LogP contribution in [0.15, 0.2) is 30.3 Å². The van der Waals surface area contributed by atoms with Gasteiger partial charge in [-0.3, -0.25) is 0 Å². The highest BCUT2D eigenvalue weighted by molar-refractivity contribution is 5.92. The molecule has 104 valence electrons. The molecule has 0 aliphatic rings. The van der Waals surface area contributed by atoms with E-state index in [0.717, 1.165) is 16.7 Å². The maximum absolute atomic E-state index is 11.2. The molecule has 0 unspecified atom stereocenters. The van der Waals surface area contributed by atoms with E-state index in [1.54, 1.807) is 0 Å². The third-order valence-electron chi connectivity index (χ3n) is 3.29. The van der Waals surface area contributed by atoms with E-state index in [9.17, 15) is 9.90 Å². The number of hydrogen-bond acceptors (Lipinski definition) is 3. The Bertz CT molecular complexity index is 654. The van der Waals surface area contributed by atoms with Crippen LogP contribution in [-0.2, 0) is 0 Å². The minimum Gasteiger partial charge on any atom is -0.504 e. The Morgan fingerprint density at radius 3 is 2.25 bits per heavy atom. The number of carboxylic acid groups (broad SMARTS) is 1. The Hall–Kier alpha value is -2.49. The molecule has 4 nitrogen and oxygen atoms in total. The normalized spacial score (nSPS) is 10.3. The molecule has 0 atom stereocenters. The van der Waals surface area contributed by atoms with Gasteiger partial charge in [-0.2, -0.15) is 0 Å². The molecule has 2 aromatic rings. The number of methoxy groups -OCH3 is 1. The summed E-state index contributed by atoms with van der Waals surface area (Å²) >= 11 is 0. The summed E-state index contributed by atoms with van der Waals surface area (Å²) in [6.45, 7) is 3.84. The molecule has 0 saturated carbocycles. The van der Waals surface area contributed by atoms with Crippen LogP contribution >= 0.6 is 0 Å². The van der Waals surface area contributed by atoms with Crippen LogP contribution in [0.4, 0.5) is 0 Å². The van der Waals surface area contributed by atoms with Gasteiger partial charge in [0.25, 0.3) is 0 Å². The van der Waals surface area contributed by atoms with Gasteiger partial charge in [-0.1, -0.05) is 18.2 Å². The van der Waals surface area contributed by atoms with Crippen LogP contribution < -0.4 is 4.74 Å². The Kier molecular flexibility index (Phi) is 3.66. The number of aromatic hydroxyl groups is 1. The highest BCUT2D eigenvalue weighted by atomic mass is 16.5. The molecular formula is C16H16O4. The Morgan fingerprint density at radius 2 is 1.75 bits per heavy atom. The Balaban J connectivity index is 2.79. The lowest BCUT2D eigenvalue weighted by Gasteiger charge is -2.14. The number of carbonyl (C=O) groups is 1. The van der Waals surface area contributed by atoms with E-state index in [-0.39, 0.29) is 17.1 Å². The zero-order chi connectivity index (χ0) is 14.9. The maximum atomic E-state index is 11.2. The molecule has 0 bridgehead atoms. The van der Waals surface area contributed by atoms with Crippen molar-refractivity contribution in [3.63, 3.8) is 0 Å². The molecule has 2 aromatic carbocycles. The van der Waals surface area contributed by atoms with Crippen molar-refractivity contribution in [3.8, 4) is 22.6 Å². The van der Waals surface area contributed by atoms with E-state index in [0.29, 0.717) is 5.56 Å². The van der Waals surface area contributed by atoms with Crippen LogP contribution in [0.1, 0.15) is 21.5 Å². The van der Waals surface area contributed by atoms with Crippen molar-refractivity contribution in [3.05, 3.63) is 47.0 Å². The molecule has 0 spiro atoms. The van der Waals surface area contributed by atoms with E-state index >= 15 is 0 Å². The van der Waals surface area contributed by atoms with Gasteiger partial charge < -0.3 is 14.9 Å². The number of hydrogen-bond donors (Lipinski definition) is 2. The predicted molar refractivity (Wildman–Crippen MR) is 76.5 cm³/mol. The number of benzene rings is 2. The average molecular weight is 272 g/mol. The summed E-state index contributed by atoms with van der Waals surface area (Å²) in [5, 5.41) is 19.4. The molecule has 0 radical (unpaired) electrons. The summed E-state index contributed by atoms with van der Waals surface area (Å²) in [5.74, 6) is -0.951. The van der Waals surface area contributed by atoms with Crippen LogP contribution in [0.3, 0.4) is 0 Å². The summed E-state index contributed by atoms with van der Waals surface area (Å²) in [5.41, 5.74) is 3.30. The number of aromatic carboxylic acids is 1. The summed E-state index contributed by atoms with van der Waals surface area (Å²) in [7, 11) is 1.40. The van der Waals surface area contributed by atoms with Crippen LogP contribution in [0, 0.1) is 13.8 Å². The van der Waals surface area contributed by atoms with E-state index in [2.05, 4.69) is 0 Å². The summed E-state index contributed by atoms with van der Waals surface area (Å²) in [6, 6.07) is 8.54. The Labute approximate surface area is 117 Å². The topological polar surface area (TPSA) is 66.8 Å². The molecule has 20 heavy (non-hydrogen) atoms. The van der Waals surface area contributed by atoms with Gasteiger partial charge in [-0.05, 0) is 42.7 Å². The van der Waals surface area contributed by atoms with Gasteiger partial charge in [0.2, 0.25) is 0 Å². The highest BCUT2D eigenvalue weighted by Gasteiger charge is 2.18.